The third-order valence-corrected chi connectivity index (χ3v) is 5.44. The second kappa shape index (κ2) is 6.30. The molecule has 0 saturated carbocycles. The Morgan fingerprint density at radius 3 is 2.50 bits per heavy atom. The van der Waals surface area contributed by atoms with Crippen molar-refractivity contribution >= 4 is 22.4 Å². The molecule has 3 aromatic rings. The molecule has 5 heteroatoms. The van der Waals surface area contributed by atoms with Crippen LogP contribution < -0.4 is 14.8 Å². The molecule has 140 valence electrons. The van der Waals surface area contributed by atoms with Crippen molar-refractivity contribution in [2.45, 2.75) is 5.92 Å². The zero-order chi connectivity index (χ0) is 19.3. The predicted molar refractivity (Wildman–Crippen MR) is 107 cm³/mol. The van der Waals surface area contributed by atoms with E-state index < -0.39 is 0 Å². The maximum absolute atomic E-state index is 12.6. The minimum Gasteiger partial charge on any atom is -0.493 e. The summed E-state index contributed by atoms with van der Waals surface area (Å²) >= 11 is 0. The number of ether oxygens (including phenoxy) is 3. The molecule has 0 spiro atoms. The molecule has 0 amide bonds. The first-order valence-corrected chi connectivity index (χ1v) is 9.11. The number of nitrogens with one attached hydrogen (secondary N) is 1. The maximum Gasteiger partial charge on any atom is 0.337 e. The van der Waals surface area contributed by atoms with Crippen LogP contribution in [0.15, 0.2) is 65.9 Å². The van der Waals surface area contributed by atoms with Crippen LogP contribution in [0.4, 0.5) is 5.69 Å². The molecule has 1 atom stereocenters. The van der Waals surface area contributed by atoms with E-state index in [1.165, 1.54) is 0 Å². The van der Waals surface area contributed by atoms with Gasteiger partial charge < -0.3 is 19.5 Å². The first-order valence-electron chi connectivity index (χ1n) is 9.11. The Morgan fingerprint density at radius 2 is 1.71 bits per heavy atom. The summed E-state index contributed by atoms with van der Waals surface area (Å²) in [5, 5.41) is 5.65. The smallest absolute Gasteiger partial charge is 0.337 e. The summed E-state index contributed by atoms with van der Waals surface area (Å²) in [6.45, 7) is 0.256. The van der Waals surface area contributed by atoms with Crippen LogP contribution in [0.1, 0.15) is 17.0 Å². The van der Waals surface area contributed by atoms with Gasteiger partial charge in [0.25, 0.3) is 0 Å². The average molecular weight is 373 g/mol. The van der Waals surface area contributed by atoms with Crippen molar-refractivity contribution in [3.05, 3.63) is 77.0 Å². The quantitative estimate of drug-likeness (QED) is 0.697. The molecule has 0 aliphatic carbocycles. The van der Waals surface area contributed by atoms with E-state index in [4.69, 9.17) is 14.2 Å². The molecule has 2 heterocycles. The summed E-state index contributed by atoms with van der Waals surface area (Å²) in [5.74, 6) is 0.760. The maximum atomic E-state index is 12.6. The highest BCUT2D eigenvalue weighted by Crippen LogP contribution is 2.48. The van der Waals surface area contributed by atoms with Gasteiger partial charge in [0.1, 0.15) is 6.61 Å². The van der Waals surface area contributed by atoms with Gasteiger partial charge in [-0.05, 0) is 28.0 Å². The Balaban J connectivity index is 1.75. The number of hydrogen-bond acceptors (Lipinski definition) is 5. The van der Waals surface area contributed by atoms with E-state index in [1.807, 2.05) is 24.3 Å². The van der Waals surface area contributed by atoms with Crippen LogP contribution in [0.5, 0.6) is 11.5 Å². The van der Waals surface area contributed by atoms with E-state index in [9.17, 15) is 4.79 Å². The standard InChI is InChI=1S/C23H19NO4/c1-26-19-10-16-17(11-20(19)27-2)24-18-12-28-23(25)22(18)21(16)15-8-7-13-5-3-4-6-14(13)9-15/h3-11,21,24H,12H2,1-2H3/t21-/m1/s1. The van der Waals surface area contributed by atoms with Gasteiger partial charge in [0.2, 0.25) is 0 Å². The number of fused-ring (bicyclic) bond motifs is 2. The molecule has 28 heavy (non-hydrogen) atoms. The fourth-order valence-corrected chi connectivity index (χ4v) is 4.11. The average Bonchev–Trinajstić information content (AvgIpc) is 3.10. The molecule has 0 unspecified atom stereocenters. The molecule has 5 nitrogen and oxygen atoms in total. The van der Waals surface area contributed by atoms with Gasteiger partial charge in [-0.2, -0.15) is 0 Å². The summed E-state index contributed by atoms with van der Waals surface area (Å²) in [5.41, 5.74) is 4.37. The summed E-state index contributed by atoms with van der Waals surface area (Å²) in [6, 6.07) is 18.4. The van der Waals surface area contributed by atoms with Crippen LogP contribution >= 0.6 is 0 Å². The Labute approximate surface area is 162 Å². The largest absolute Gasteiger partial charge is 0.493 e. The minimum atomic E-state index is -0.277. The van der Waals surface area contributed by atoms with Crippen molar-refractivity contribution in [1.82, 2.24) is 0 Å². The molecule has 1 N–H and O–H groups in total. The molecular formula is C23H19NO4. The number of esters is 1. The SMILES string of the molecule is COc1cc2c(cc1OC)[C@@H](c1ccc3ccccc3c1)C1=C(COC1=O)N2. The Bertz CT molecular complexity index is 1150. The van der Waals surface area contributed by atoms with E-state index in [0.29, 0.717) is 17.1 Å². The lowest BCUT2D eigenvalue weighted by Crippen LogP contribution is -2.20. The Hall–Kier alpha value is -3.47. The van der Waals surface area contributed by atoms with Crippen molar-refractivity contribution in [3.8, 4) is 11.5 Å². The number of anilines is 1. The van der Waals surface area contributed by atoms with Gasteiger partial charge in [-0.1, -0.05) is 42.5 Å². The molecule has 0 bridgehead atoms. The second-order valence-corrected chi connectivity index (χ2v) is 6.93. The number of methoxy groups -OCH3 is 2. The molecule has 0 radical (unpaired) electrons. The lowest BCUT2D eigenvalue weighted by molar-refractivity contribution is -0.136. The molecule has 2 aliphatic rings. The summed E-state index contributed by atoms with van der Waals surface area (Å²) in [4.78, 5) is 12.6. The van der Waals surface area contributed by atoms with Gasteiger partial charge in [0.05, 0.1) is 25.5 Å². The van der Waals surface area contributed by atoms with Gasteiger partial charge in [-0.15, -0.1) is 0 Å². The molecule has 0 saturated heterocycles. The van der Waals surface area contributed by atoms with E-state index in [-0.39, 0.29) is 18.5 Å². The monoisotopic (exact) mass is 373 g/mol. The Kier molecular flexibility index (Phi) is 3.76. The van der Waals surface area contributed by atoms with Crippen molar-refractivity contribution in [3.63, 3.8) is 0 Å². The third kappa shape index (κ3) is 2.43. The third-order valence-electron chi connectivity index (χ3n) is 5.44. The normalized spacial score (nSPS) is 17.6. The van der Waals surface area contributed by atoms with Crippen LogP contribution in [0.2, 0.25) is 0 Å². The number of cyclic esters (lactones) is 1. The molecular weight excluding hydrogens is 354 g/mol. The summed E-state index contributed by atoms with van der Waals surface area (Å²) in [6.07, 6.45) is 0. The first kappa shape index (κ1) is 16.7. The topological polar surface area (TPSA) is 56.8 Å². The number of carbonyl (C=O) groups excluding carboxylic acids is 1. The van der Waals surface area contributed by atoms with Gasteiger partial charge in [0.15, 0.2) is 11.5 Å². The van der Waals surface area contributed by atoms with Gasteiger partial charge in [-0.3, -0.25) is 0 Å². The second-order valence-electron chi connectivity index (χ2n) is 6.93. The number of benzene rings is 3. The highest BCUT2D eigenvalue weighted by molar-refractivity contribution is 5.98. The van der Waals surface area contributed by atoms with Crippen molar-refractivity contribution in [1.29, 1.82) is 0 Å². The predicted octanol–water partition coefficient (Wildman–Crippen LogP) is 4.23. The molecule has 5 rings (SSSR count). The Morgan fingerprint density at radius 1 is 0.964 bits per heavy atom. The van der Waals surface area contributed by atoms with Gasteiger partial charge in [0, 0.05) is 17.7 Å². The first-order chi connectivity index (χ1) is 13.7. The zero-order valence-corrected chi connectivity index (χ0v) is 15.6. The van der Waals surface area contributed by atoms with Crippen LogP contribution in [0.25, 0.3) is 10.8 Å². The van der Waals surface area contributed by atoms with E-state index in [2.05, 4.69) is 35.6 Å². The van der Waals surface area contributed by atoms with Crippen molar-refractivity contribution in [2.24, 2.45) is 0 Å². The summed E-state index contributed by atoms with van der Waals surface area (Å²) < 4.78 is 16.3. The number of carbonyl (C=O) groups is 1. The molecule has 0 aromatic heterocycles. The molecule has 3 aromatic carbocycles. The highest BCUT2D eigenvalue weighted by Gasteiger charge is 2.39. The van der Waals surface area contributed by atoms with Crippen molar-refractivity contribution in [2.75, 3.05) is 26.1 Å². The van der Waals surface area contributed by atoms with Crippen LogP contribution in [0.3, 0.4) is 0 Å². The highest BCUT2D eigenvalue weighted by atomic mass is 16.5. The summed E-state index contributed by atoms with van der Waals surface area (Å²) in [7, 11) is 3.22. The lowest BCUT2D eigenvalue weighted by atomic mass is 9.80. The van der Waals surface area contributed by atoms with E-state index in [0.717, 1.165) is 33.3 Å². The zero-order valence-electron chi connectivity index (χ0n) is 15.6. The van der Waals surface area contributed by atoms with E-state index in [1.54, 1.807) is 14.2 Å². The fourth-order valence-electron chi connectivity index (χ4n) is 4.11. The van der Waals surface area contributed by atoms with Crippen LogP contribution in [-0.2, 0) is 9.53 Å². The fraction of sp³-hybridized carbons (Fsp3) is 0.174. The van der Waals surface area contributed by atoms with Gasteiger partial charge >= 0.3 is 5.97 Å². The van der Waals surface area contributed by atoms with Crippen molar-refractivity contribution < 1.29 is 19.0 Å². The molecule has 0 fully saturated rings. The minimum absolute atomic E-state index is 0.231. The van der Waals surface area contributed by atoms with Crippen LogP contribution in [0, 0.1) is 0 Å². The van der Waals surface area contributed by atoms with E-state index >= 15 is 0 Å². The lowest BCUT2D eigenvalue weighted by Gasteiger charge is -2.28. The molecule has 2 aliphatic heterocycles. The van der Waals surface area contributed by atoms with Crippen LogP contribution in [-0.4, -0.2) is 26.8 Å². The number of rotatable bonds is 3. The number of hydrogen-bond donors (Lipinski definition) is 1. The van der Waals surface area contributed by atoms with Gasteiger partial charge in [-0.25, -0.2) is 4.79 Å².